The van der Waals surface area contributed by atoms with Crippen LogP contribution in [0.25, 0.3) is 33.5 Å². The summed E-state index contributed by atoms with van der Waals surface area (Å²) in [6.45, 7) is 0. The first-order chi connectivity index (χ1) is 14.6. The van der Waals surface area contributed by atoms with Crippen LogP contribution in [-0.4, -0.2) is 18.0 Å². The average Bonchev–Trinajstić information content (AvgIpc) is 3.37. The Hall–Kier alpha value is -3.58. The largest absolute Gasteiger partial charge is 0.496 e. The van der Waals surface area contributed by atoms with Crippen LogP contribution in [0.3, 0.4) is 0 Å². The summed E-state index contributed by atoms with van der Waals surface area (Å²) < 4.78 is 17.6. The molecule has 7 heteroatoms. The summed E-state index contributed by atoms with van der Waals surface area (Å²) in [6, 6.07) is 20.1. The van der Waals surface area contributed by atoms with Crippen LogP contribution in [0.1, 0.15) is 10.6 Å². The Bertz CT molecular complexity index is 1370. The molecule has 0 saturated carbocycles. The Morgan fingerprint density at radius 2 is 1.87 bits per heavy atom. The van der Waals surface area contributed by atoms with Gasteiger partial charge in [0.05, 0.1) is 11.6 Å². The number of halogens is 1. The molecule has 6 nitrogen and oxygen atoms in total. The maximum atomic E-state index is 12.6. The lowest BCUT2D eigenvalue weighted by atomic mass is 10.2. The minimum Gasteiger partial charge on any atom is -0.496 e. The minimum atomic E-state index is -0.326. The van der Waals surface area contributed by atoms with Crippen molar-refractivity contribution >= 4 is 49.6 Å². The molecule has 0 spiro atoms. The quantitative estimate of drug-likeness (QED) is 0.340. The van der Waals surface area contributed by atoms with E-state index in [-0.39, 0.29) is 11.7 Å². The van der Waals surface area contributed by atoms with Crippen LogP contribution < -0.4 is 10.1 Å². The van der Waals surface area contributed by atoms with Gasteiger partial charge in [0.25, 0.3) is 5.91 Å². The number of hydrogen-bond acceptors (Lipinski definition) is 5. The molecule has 5 rings (SSSR count). The number of carbonyl (C=O) groups is 1. The molecule has 1 amide bonds. The number of para-hydroxylation sites is 1. The molecule has 1 N–H and O–H groups in total. The highest BCUT2D eigenvalue weighted by atomic mass is 79.9. The Kier molecular flexibility index (Phi) is 4.52. The number of rotatable bonds is 4. The van der Waals surface area contributed by atoms with Crippen molar-refractivity contribution in [2.24, 2.45) is 0 Å². The Labute approximate surface area is 179 Å². The van der Waals surface area contributed by atoms with Crippen LogP contribution >= 0.6 is 15.9 Å². The normalized spacial score (nSPS) is 11.1. The lowest BCUT2D eigenvalue weighted by molar-refractivity contribution is 0.0998. The lowest BCUT2D eigenvalue weighted by Crippen LogP contribution is -2.10. The van der Waals surface area contributed by atoms with Gasteiger partial charge in [-0.2, -0.15) is 0 Å². The van der Waals surface area contributed by atoms with Crippen molar-refractivity contribution in [3.05, 3.63) is 77.0 Å². The highest BCUT2D eigenvalue weighted by Crippen LogP contribution is 2.32. The van der Waals surface area contributed by atoms with E-state index in [1.807, 2.05) is 42.5 Å². The third-order valence-corrected chi connectivity index (χ3v) is 5.31. The number of oxazole rings is 1. The fraction of sp³-hybridized carbons (Fsp3) is 0.0435. The number of amides is 1. The van der Waals surface area contributed by atoms with Crippen molar-refractivity contribution < 1.29 is 18.4 Å². The zero-order valence-corrected chi connectivity index (χ0v) is 17.4. The van der Waals surface area contributed by atoms with Gasteiger partial charge in [-0.05, 0) is 64.5 Å². The molecule has 0 aliphatic rings. The highest BCUT2D eigenvalue weighted by molar-refractivity contribution is 9.10. The maximum Gasteiger partial charge on any atom is 0.291 e. The zero-order chi connectivity index (χ0) is 20.7. The van der Waals surface area contributed by atoms with Crippen molar-refractivity contribution in [2.45, 2.75) is 0 Å². The van der Waals surface area contributed by atoms with Gasteiger partial charge in [0.1, 0.15) is 16.8 Å². The van der Waals surface area contributed by atoms with Gasteiger partial charge in [-0.25, -0.2) is 4.98 Å². The van der Waals surface area contributed by atoms with Gasteiger partial charge in [0.15, 0.2) is 11.3 Å². The van der Waals surface area contributed by atoms with E-state index >= 15 is 0 Å². The number of benzene rings is 3. The first kappa shape index (κ1) is 18.4. The van der Waals surface area contributed by atoms with E-state index in [1.54, 1.807) is 31.4 Å². The lowest BCUT2D eigenvalue weighted by Gasteiger charge is -2.03. The molecule has 148 valence electrons. The Morgan fingerprint density at radius 3 is 2.67 bits per heavy atom. The predicted octanol–water partition coefficient (Wildman–Crippen LogP) is 6.26. The first-order valence-corrected chi connectivity index (χ1v) is 9.94. The van der Waals surface area contributed by atoms with Crippen LogP contribution in [-0.2, 0) is 0 Å². The van der Waals surface area contributed by atoms with Crippen LogP contribution in [0.4, 0.5) is 5.69 Å². The van der Waals surface area contributed by atoms with E-state index in [9.17, 15) is 4.79 Å². The van der Waals surface area contributed by atoms with Gasteiger partial charge in [-0.3, -0.25) is 4.79 Å². The van der Waals surface area contributed by atoms with E-state index in [0.717, 1.165) is 21.2 Å². The van der Waals surface area contributed by atoms with Crippen molar-refractivity contribution in [3.8, 4) is 17.2 Å². The molecular weight excluding hydrogens is 448 g/mol. The summed E-state index contributed by atoms with van der Waals surface area (Å²) in [5.74, 6) is 1.13. The Balaban J connectivity index is 1.42. The molecule has 0 saturated heterocycles. The number of aromatic nitrogens is 1. The maximum absolute atomic E-state index is 12.6. The van der Waals surface area contributed by atoms with Crippen molar-refractivity contribution in [1.29, 1.82) is 0 Å². The number of fused-ring (bicyclic) bond motifs is 2. The van der Waals surface area contributed by atoms with Crippen LogP contribution in [0.15, 0.2) is 80.0 Å². The minimum absolute atomic E-state index is 0.250. The molecule has 0 bridgehead atoms. The van der Waals surface area contributed by atoms with Crippen LogP contribution in [0.2, 0.25) is 0 Å². The van der Waals surface area contributed by atoms with Crippen molar-refractivity contribution in [3.63, 3.8) is 0 Å². The Morgan fingerprint density at radius 1 is 1.00 bits per heavy atom. The van der Waals surface area contributed by atoms with E-state index in [1.165, 1.54) is 0 Å². The average molecular weight is 463 g/mol. The summed E-state index contributed by atoms with van der Waals surface area (Å²) in [7, 11) is 1.61. The fourth-order valence-electron chi connectivity index (χ4n) is 3.21. The number of methoxy groups -OCH3 is 1. The number of nitrogens with zero attached hydrogens (tertiary/aromatic N) is 1. The molecule has 30 heavy (non-hydrogen) atoms. The number of carbonyl (C=O) groups excluding carboxylic acids is 1. The van der Waals surface area contributed by atoms with E-state index < -0.39 is 0 Å². The van der Waals surface area contributed by atoms with Gasteiger partial charge < -0.3 is 18.9 Å². The standard InChI is InChI=1S/C23H15BrN2O4/c1-28-19-8-6-14(10-16(19)24)23-26-17-12-15(7-9-20(17)30-23)25-22(27)21-11-13-4-2-3-5-18(13)29-21/h2-12H,1H3,(H,25,27). The molecule has 0 aliphatic heterocycles. The number of nitrogens with one attached hydrogen (secondary N) is 1. The second-order valence-corrected chi connectivity index (χ2v) is 7.51. The predicted molar refractivity (Wildman–Crippen MR) is 118 cm³/mol. The molecule has 0 fully saturated rings. The SMILES string of the molecule is COc1ccc(-c2nc3cc(NC(=O)c4cc5ccccc5o4)ccc3o2)cc1Br. The first-order valence-electron chi connectivity index (χ1n) is 9.15. The number of furan rings is 1. The third-order valence-electron chi connectivity index (χ3n) is 4.69. The smallest absolute Gasteiger partial charge is 0.291 e. The topological polar surface area (TPSA) is 77.5 Å². The molecule has 2 heterocycles. The summed E-state index contributed by atoms with van der Waals surface area (Å²) in [5.41, 5.74) is 3.35. The van der Waals surface area contributed by atoms with Gasteiger partial charge in [0.2, 0.25) is 5.89 Å². The summed E-state index contributed by atoms with van der Waals surface area (Å²) >= 11 is 3.47. The molecule has 2 aromatic heterocycles. The van der Waals surface area contributed by atoms with Gasteiger partial charge in [-0.1, -0.05) is 18.2 Å². The molecule has 0 unspecified atom stereocenters. The third kappa shape index (κ3) is 3.33. The molecule has 3 aromatic carbocycles. The molecule has 0 atom stereocenters. The van der Waals surface area contributed by atoms with Gasteiger partial charge in [-0.15, -0.1) is 0 Å². The molecular formula is C23H15BrN2O4. The zero-order valence-electron chi connectivity index (χ0n) is 15.8. The number of hydrogen-bond donors (Lipinski definition) is 1. The van der Waals surface area contributed by atoms with Crippen molar-refractivity contribution in [1.82, 2.24) is 4.98 Å². The number of anilines is 1. The molecule has 0 aliphatic carbocycles. The highest BCUT2D eigenvalue weighted by Gasteiger charge is 2.15. The van der Waals surface area contributed by atoms with E-state index in [2.05, 4.69) is 26.2 Å². The summed E-state index contributed by atoms with van der Waals surface area (Å²) in [4.78, 5) is 17.1. The molecule has 0 radical (unpaired) electrons. The van der Waals surface area contributed by atoms with Gasteiger partial charge in [0, 0.05) is 16.6 Å². The second-order valence-electron chi connectivity index (χ2n) is 6.65. The van der Waals surface area contributed by atoms with Crippen LogP contribution in [0.5, 0.6) is 5.75 Å². The van der Waals surface area contributed by atoms with E-state index in [0.29, 0.717) is 28.3 Å². The van der Waals surface area contributed by atoms with E-state index in [4.69, 9.17) is 13.6 Å². The van der Waals surface area contributed by atoms with Crippen molar-refractivity contribution in [2.75, 3.05) is 12.4 Å². The summed E-state index contributed by atoms with van der Waals surface area (Å²) in [6.07, 6.45) is 0. The number of ether oxygens (including phenoxy) is 1. The second kappa shape index (κ2) is 7.35. The van der Waals surface area contributed by atoms with Crippen LogP contribution in [0, 0.1) is 0 Å². The monoisotopic (exact) mass is 462 g/mol. The summed E-state index contributed by atoms with van der Waals surface area (Å²) in [5, 5.41) is 3.73. The van der Waals surface area contributed by atoms with Gasteiger partial charge >= 0.3 is 0 Å². The molecule has 5 aromatic rings. The fourth-order valence-corrected chi connectivity index (χ4v) is 3.76.